The highest BCUT2D eigenvalue weighted by Crippen LogP contribution is 2.22. The van der Waals surface area contributed by atoms with E-state index in [1.807, 2.05) is 4.90 Å². The summed E-state index contributed by atoms with van der Waals surface area (Å²) in [6.45, 7) is 1.20. The molecule has 2 aliphatic rings. The predicted octanol–water partition coefficient (Wildman–Crippen LogP) is 2.64. The van der Waals surface area contributed by atoms with Gasteiger partial charge in [0.15, 0.2) is 0 Å². The zero-order valence-corrected chi connectivity index (χ0v) is 15.7. The van der Waals surface area contributed by atoms with Crippen LogP contribution in [0.2, 0.25) is 0 Å². The molecule has 0 bridgehead atoms. The number of carboxylic acid groups (broad SMARTS) is 1. The molecule has 0 radical (unpaired) electrons. The Bertz CT molecular complexity index is 477. The molecule has 1 aliphatic heterocycles. The molecule has 0 aromatic carbocycles. The van der Waals surface area contributed by atoms with Crippen LogP contribution < -0.4 is 10.6 Å². The maximum absolute atomic E-state index is 12.5. The zero-order valence-electron chi connectivity index (χ0n) is 15.7. The Morgan fingerprint density at radius 1 is 0.962 bits per heavy atom. The van der Waals surface area contributed by atoms with Crippen molar-refractivity contribution in [3.05, 3.63) is 0 Å². The van der Waals surface area contributed by atoms with Gasteiger partial charge in [0.1, 0.15) is 0 Å². The molecule has 26 heavy (non-hydrogen) atoms. The van der Waals surface area contributed by atoms with Crippen molar-refractivity contribution < 1.29 is 19.5 Å². The maximum Gasteiger partial charge on any atom is 0.315 e. The second kappa shape index (κ2) is 11.0. The monoisotopic (exact) mass is 367 g/mol. The molecule has 7 heteroatoms. The Morgan fingerprint density at radius 3 is 2.42 bits per heavy atom. The van der Waals surface area contributed by atoms with Gasteiger partial charge in [0.2, 0.25) is 5.91 Å². The second-order valence-electron chi connectivity index (χ2n) is 7.51. The standard InChI is InChI=1S/C19H33N3O4/c23-17(22-14-5-4-9-16(22)11-12-18(24)25)10-6-13-20-19(26)21-15-7-2-1-3-8-15/h15-16H,1-14H2,(H,24,25)(H2,20,21,26). The molecule has 0 spiro atoms. The molecule has 7 nitrogen and oxygen atoms in total. The van der Waals surface area contributed by atoms with Crippen LogP contribution in [0.5, 0.6) is 0 Å². The summed E-state index contributed by atoms with van der Waals surface area (Å²) in [6, 6.07) is 0.199. The summed E-state index contributed by atoms with van der Waals surface area (Å²) in [5, 5.41) is 14.7. The number of nitrogens with one attached hydrogen (secondary N) is 2. The Balaban J connectivity index is 1.63. The van der Waals surface area contributed by atoms with Crippen molar-refractivity contribution >= 4 is 17.9 Å². The first-order chi connectivity index (χ1) is 12.6. The van der Waals surface area contributed by atoms with Gasteiger partial charge < -0.3 is 20.6 Å². The molecular weight excluding hydrogens is 334 g/mol. The molecule has 3 N–H and O–H groups in total. The molecule has 1 aliphatic carbocycles. The number of piperidine rings is 1. The van der Waals surface area contributed by atoms with Gasteiger partial charge >= 0.3 is 12.0 Å². The van der Waals surface area contributed by atoms with Crippen LogP contribution in [-0.2, 0) is 9.59 Å². The number of hydrogen-bond donors (Lipinski definition) is 3. The number of aliphatic carboxylic acids is 1. The van der Waals surface area contributed by atoms with Gasteiger partial charge in [-0.2, -0.15) is 0 Å². The largest absolute Gasteiger partial charge is 0.481 e. The van der Waals surface area contributed by atoms with Crippen molar-refractivity contribution in [1.29, 1.82) is 0 Å². The second-order valence-corrected chi connectivity index (χ2v) is 7.51. The van der Waals surface area contributed by atoms with E-state index in [1.165, 1.54) is 19.3 Å². The molecular formula is C19H33N3O4. The number of amides is 3. The third kappa shape index (κ3) is 7.22. The zero-order chi connectivity index (χ0) is 18.8. The number of urea groups is 1. The highest BCUT2D eigenvalue weighted by Gasteiger charge is 2.26. The fourth-order valence-corrected chi connectivity index (χ4v) is 3.99. The molecule has 2 fully saturated rings. The highest BCUT2D eigenvalue weighted by molar-refractivity contribution is 5.77. The van der Waals surface area contributed by atoms with Crippen LogP contribution in [-0.4, -0.2) is 53.1 Å². The lowest BCUT2D eigenvalue weighted by Gasteiger charge is -2.35. The Labute approximate surface area is 155 Å². The first-order valence-electron chi connectivity index (χ1n) is 10.1. The van der Waals surface area contributed by atoms with Crippen LogP contribution in [0.1, 0.15) is 77.0 Å². The molecule has 3 amide bonds. The van der Waals surface area contributed by atoms with Gasteiger partial charge in [-0.3, -0.25) is 9.59 Å². The van der Waals surface area contributed by atoms with Crippen molar-refractivity contribution in [3.63, 3.8) is 0 Å². The van der Waals surface area contributed by atoms with Crippen LogP contribution in [0, 0.1) is 0 Å². The molecule has 148 valence electrons. The van der Waals surface area contributed by atoms with Crippen molar-refractivity contribution in [2.45, 2.75) is 89.1 Å². The number of carboxylic acids is 1. The fourth-order valence-electron chi connectivity index (χ4n) is 3.99. The third-order valence-corrected chi connectivity index (χ3v) is 5.43. The average molecular weight is 367 g/mol. The molecule has 1 unspecified atom stereocenters. The molecule has 1 saturated carbocycles. The topological polar surface area (TPSA) is 98.7 Å². The summed E-state index contributed by atoms with van der Waals surface area (Å²) < 4.78 is 0. The molecule has 0 aromatic rings. The van der Waals surface area contributed by atoms with Gasteiger partial charge in [-0.1, -0.05) is 19.3 Å². The van der Waals surface area contributed by atoms with Gasteiger partial charge in [-0.25, -0.2) is 4.79 Å². The number of rotatable bonds is 8. The summed E-state index contributed by atoms with van der Waals surface area (Å²) >= 11 is 0. The Hall–Kier alpha value is -1.79. The lowest BCUT2D eigenvalue weighted by atomic mass is 9.96. The van der Waals surface area contributed by atoms with Crippen molar-refractivity contribution in [3.8, 4) is 0 Å². The van der Waals surface area contributed by atoms with Crippen molar-refractivity contribution in [2.75, 3.05) is 13.1 Å². The third-order valence-electron chi connectivity index (χ3n) is 5.43. The number of carbonyl (C=O) groups is 3. The lowest BCUT2D eigenvalue weighted by Crippen LogP contribution is -2.45. The van der Waals surface area contributed by atoms with Gasteiger partial charge in [0.05, 0.1) is 0 Å². The number of hydrogen-bond acceptors (Lipinski definition) is 3. The summed E-state index contributed by atoms with van der Waals surface area (Å²) in [6.07, 6.45) is 10.3. The van der Waals surface area contributed by atoms with E-state index >= 15 is 0 Å². The number of nitrogens with zero attached hydrogens (tertiary/aromatic N) is 1. The summed E-state index contributed by atoms with van der Waals surface area (Å²) in [5.41, 5.74) is 0. The minimum Gasteiger partial charge on any atom is -0.481 e. The lowest BCUT2D eigenvalue weighted by molar-refractivity contribution is -0.140. The number of carbonyl (C=O) groups excluding carboxylic acids is 2. The van der Waals surface area contributed by atoms with Crippen LogP contribution in [0.3, 0.4) is 0 Å². The molecule has 0 aromatic heterocycles. The number of likely N-dealkylation sites (tertiary alicyclic amines) is 1. The predicted molar refractivity (Wildman–Crippen MR) is 98.9 cm³/mol. The van der Waals surface area contributed by atoms with Crippen LogP contribution in [0.4, 0.5) is 4.79 Å². The molecule has 1 saturated heterocycles. The average Bonchev–Trinajstić information content (AvgIpc) is 2.64. The SMILES string of the molecule is O=C(O)CCC1CCCCN1C(=O)CCCNC(=O)NC1CCCCC1. The Morgan fingerprint density at radius 2 is 1.69 bits per heavy atom. The van der Waals surface area contributed by atoms with Gasteiger partial charge in [-0.05, 0) is 44.9 Å². The van der Waals surface area contributed by atoms with Crippen LogP contribution >= 0.6 is 0 Å². The van der Waals surface area contributed by atoms with E-state index < -0.39 is 5.97 Å². The smallest absolute Gasteiger partial charge is 0.315 e. The summed E-state index contributed by atoms with van der Waals surface area (Å²) in [7, 11) is 0. The fraction of sp³-hybridized carbons (Fsp3) is 0.842. The normalized spacial score (nSPS) is 21.2. The minimum absolute atomic E-state index is 0.0508. The summed E-state index contributed by atoms with van der Waals surface area (Å²) in [4.78, 5) is 37.0. The van der Waals surface area contributed by atoms with E-state index in [-0.39, 0.29) is 30.4 Å². The first-order valence-corrected chi connectivity index (χ1v) is 10.1. The molecule has 1 heterocycles. The van der Waals surface area contributed by atoms with E-state index in [4.69, 9.17) is 5.11 Å². The Kier molecular flexibility index (Phi) is 8.71. The van der Waals surface area contributed by atoms with E-state index in [2.05, 4.69) is 10.6 Å². The highest BCUT2D eigenvalue weighted by atomic mass is 16.4. The first kappa shape index (κ1) is 20.5. The van der Waals surface area contributed by atoms with Crippen LogP contribution in [0.15, 0.2) is 0 Å². The van der Waals surface area contributed by atoms with Gasteiger partial charge in [-0.15, -0.1) is 0 Å². The summed E-state index contributed by atoms with van der Waals surface area (Å²) in [5.74, 6) is -0.731. The van der Waals surface area contributed by atoms with Crippen molar-refractivity contribution in [1.82, 2.24) is 15.5 Å². The van der Waals surface area contributed by atoms with E-state index in [0.29, 0.717) is 25.8 Å². The molecule has 1 atom stereocenters. The van der Waals surface area contributed by atoms with Crippen LogP contribution in [0.25, 0.3) is 0 Å². The van der Waals surface area contributed by atoms with E-state index in [9.17, 15) is 14.4 Å². The van der Waals surface area contributed by atoms with Crippen molar-refractivity contribution in [2.24, 2.45) is 0 Å². The minimum atomic E-state index is -0.809. The maximum atomic E-state index is 12.5. The quantitative estimate of drug-likeness (QED) is 0.574. The van der Waals surface area contributed by atoms with Gasteiger partial charge in [0, 0.05) is 38.0 Å². The van der Waals surface area contributed by atoms with E-state index in [0.717, 1.165) is 38.6 Å². The van der Waals surface area contributed by atoms with E-state index in [1.54, 1.807) is 0 Å². The molecule has 2 rings (SSSR count). The van der Waals surface area contributed by atoms with Gasteiger partial charge in [0.25, 0.3) is 0 Å².